The Morgan fingerprint density at radius 1 is 1.21 bits per heavy atom. The molecule has 0 aliphatic carbocycles. The summed E-state index contributed by atoms with van der Waals surface area (Å²) >= 11 is -0.360. The SMILES string of the molecule is COC(=O)N(C)CC(=O)N(c1cccc(F)c1)C(C=O)c1ccccc1[I-]C. The summed E-state index contributed by atoms with van der Waals surface area (Å²) < 4.78 is 19.5. The summed E-state index contributed by atoms with van der Waals surface area (Å²) in [5.41, 5.74) is 0.940. The van der Waals surface area contributed by atoms with Crippen LogP contribution in [0.5, 0.6) is 0 Å². The van der Waals surface area contributed by atoms with Gasteiger partial charge in [0.2, 0.25) is 0 Å². The zero-order valence-electron chi connectivity index (χ0n) is 15.8. The van der Waals surface area contributed by atoms with Crippen molar-refractivity contribution in [2.75, 3.05) is 30.5 Å². The molecule has 0 heterocycles. The van der Waals surface area contributed by atoms with E-state index in [4.69, 9.17) is 0 Å². The molecule has 8 heteroatoms. The number of alkyl halides is 1. The first-order valence-electron chi connectivity index (χ1n) is 8.33. The van der Waals surface area contributed by atoms with Crippen LogP contribution < -0.4 is 26.1 Å². The van der Waals surface area contributed by atoms with E-state index < -0.39 is 23.9 Å². The third-order valence-electron chi connectivity index (χ3n) is 4.05. The first kappa shape index (κ1) is 21.8. The molecule has 28 heavy (non-hydrogen) atoms. The van der Waals surface area contributed by atoms with Gasteiger partial charge in [-0.1, -0.05) is 0 Å². The van der Waals surface area contributed by atoms with E-state index in [2.05, 4.69) is 9.67 Å². The quantitative estimate of drug-likeness (QED) is 0.298. The molecule has 0 N–H and O–H groups in total. The standard InChI is InChI=1S/C20H21FIN2O4/c1-22-17-10-5-4-9-16(17)18(13-25)24(15-8-6-7-14(21)11-15)19(26)12-23(2)20(27)28-3/h4-11,13,18H,12H2,1-3H3/q-1. The fraction of sp³-hybridized carbons (Fsp3) is 0.250. The minimum atomic E-state index is -0.934. The van der Waals surface area contributed by atoms with Crippen LogP contribution in [0.15, 0.2) is 48.5 Å². The van der Waals surface area contributed by atoms with Crippen molar-refractivity contribution >= 4 is 24.0 Å². The maximum absolute atomic E-state index is 13.8. The van der Waals surface area contributed by atoms with E-state index in [1.54, 1.807) is 18.2 Å². The molecule has 0 aromatic heterocycles. The topological polar surface area (TPSA) is 66.9 Å². The van der Waals surface area contributed by atoms with Crippen molar-refractivity contribution in [2.45, 2.75) is 6.04 Å². The van der Waals surface area contributed by atoms with Crippen LogP contribution in [-0.2, 0) is 14.3 Å². The summed E-state index contributed by atoms with van der Waals surface area (Å²) in [7, 11) is 2.62. The third kappa shape index (κ3) is 5.06. The fourth-order valence-corrected chi connectivity index (χ4v) is 4.43. The van der Waals surface area contributed by atoms with Crippen LogP contribution in [0.3, 0.4) is 0 Å². The molecule has 6 nitrogen and oxygen atoms in total. The Morgan fingerprint density at radius 2 is 1.93 bits per heavy atom. The molecule has 1 unspecified atom stereocenters. The summed E-state index contributed by atoms with van der Waals surface area (Å²) in [4.78, 5) is 41.2. The molecular weight excluding hydrogens is 478 g/mol. The molecule has 2 amide bonds. The van der Waals surface area contributed by atoms with Gasteiger partial charge in [-0.3, -0.25) is 0 Å². The Bertz CT molecular complexity index is 862. The van der Waals surface area contributed by atoms with Crippen molar-refractivity contribution in [3.05, 3.63) is 63.5 Å². The number of hydrogen-bond donors (Lipinski definition) is 0. The van der Waals surface area contributed by atoms with Crippen LogP contribution in [0.4, 0.5) is 14.9 Å². The van der Waals surface area contributed by atoms with Crippen LogP contribution in [0, 0.1) is 9.39 Å². The summed E-state index contributed by atoms with van der Waals surface area (Å²) in [6.45, 7) is -0.323. The van der Waals surface area contributed by atoms with Crippen molar-refractivity contribution in [1.82, 2.24) is 4.90 Å². The zero-order chi connectivity index (χ0) is 20.7. The molecule has 0 radical (unpaired) electrons. The number of benzene rings is 2. The second kappa shape index (κ2) is 10.2. The van der Waals surface area contributed by atoms with Gasteiger partial charge in [0.15, 0.2) is 0 Å². The number of aldehydes is 1. The first-order chi connectivity index (χ1) is 13.4. The molecule has 0 fully saturated rings. The number of likely N-dealkylation sites (N-methyl/N-ethyl adjacent to an activating group) is 1. The van der Waals surface area contributed by atoms with Crippen LogP contribution in [-0.4, -0.2) is 48.8 Å². The Hall–Kier alpha value is -2.49. The number of nitrogens with zero attached hydrogens (tertiary/aromatic N) is 2. The number of rotatable bonds is 7. The predicted molar refractivity (Wildman–Crippen MR) is 98.8 cm³/mol. The molecule has 0 bridgehead atoms. The predicted octanol–water partition coefficient (Wildman–Crippen LogP) is -0.314. The monoisotopic (exact) mass is 499 g/mol. The summed E-state index contributed by atoms with van der Waals surface area (Å²) in [5.74, 6) is -1.06. The normalized spacial score (nSPS) is 11.6. The molecule has 0 aliphatic heterocycles. The molecule has 2 aromatic rings. The van der Waals surface area contributed by atoms with E-state index in [0.717, 1.165) is 8.47 Å². The van der Waals surface area contributed by atoms with Gasteiger partial charge < -0.3 is 0 Å². The van der Waals surface area contributed by atoms with E-state index in [9.17, 15) is 18.8 Å². The number of carbonyl (C=O) groups excluding carboxylic acids is 3. The molecule has 2 rings (SSSR count). The van der Waals surface area contributed by atoms with Crippen LogP contribution in [0.25, 0.3) is 0 Å². The Kier molecular flexibility index (Phi) is 7.91. The zero-order valence-corrected chi connectivity index (χ0v) is 17.9. The molecule has 150 valence electrons. The van der Waals surface area contributed by atoms with E-state index in [-0.39, 0.29) is 33.4 Å². The third-order valence-corrected chi connectivity index (χ3v) is 6.19. The fourth-order valence-electron chi connectivity index (χ4n) is 2.75. The van der Waals surface area contributed by atoms with Gasteiger partial charge in [0.05, 0.1) is 0 Å². The van der Waals surface area contributed by atoms with Crippen molar-refractivity contribution in [1.29, 1.82) is 0 Å². The van der Waals surface area contributed by atoms with Gasteiger partial charge in [-0.05, 0) is 0 Å². The average molecular weight is 499 g/mol. The molecule has 2 aromatic carbocycles. The Labute approximate surface area is 173 Å². The van der Waals surface area contributed by atoms with Gasteiger partial charge in [0.25, 0.3) is 0 Å². The number of amides is 2. The van der Waals surface area contributed by atoms with Crippen molar-refractivity contribution in [3.63, 3.8) is 0 Å². The van der Waals surface area contributed by atoms with Crippen LogP contribution in [0.2, 0.25) is 0 Å². The molecule has 0 saturated heterocycles. The molecule has 0 spiro atoms. The van der Waals surface area contributed by atoms with Gasteiger partial charge in [-0.15, -0.1) is 0 Å². The molecular formula is C20H21FIN2O4-. The average Bonchev–Trinajstić information content (AvgIpc) is 2.70. The number of halogens is 2. The first-order valence-corrected chi connectivity index (χ1v) is 11.6. The second-order valence-electron chi connectivity index (χ2n) is 5.86. The molecule has 1 atom stereocenters. The van der Waals surface area contributed by atoms with Gasteiger partial charge in [0, 0.05) is 0 Å². The number of methoxy groups -OCH3 is 1. The van der Waals surface area contributed by atoms with Crippen molar-refractivity contribution in [3.8, 4) is 0 Å². The second-order valence-corrected chi connectivity index (χ2v) is 8.10. The van der Waals surface area contributed by atoms with Crippen molar-refractivity contribution < 1.29 is 44.7 Å². The van der Waals surface area contributed by atoms with Crippen molar-refractivity contribution in [2.24, 2.45) is 0 Å². The Balaban J connectivity index is 2.52. The van der Waals surface area contributed by atoms with E-state index >= 15 is 0 Å². The maximum atomic E-state index is 13.8. The van der Waals surface area contributed by atoms with Gasteiger partial charge in [-0.25, -0.2) is 0 Å². The Morgan fingerprint density at radius 3 is 2.54 bits per heavy atom. The van der Waals surface area contributed by atoms with Gasteiger partial charge in [0.1, 0.15) is 0 Å². The van der Waals surface area contributed by atoms with E-state index in [1.165, 1.54) is 37.3 Å². The summed E-state index contributed by atoms with van der Waals surface area (Å²) in [6.07, 6.45) is -0.0193. The van der Waals surface area contributed by atoms with Crippen LogP contribution >= 0.6 is 0 Å². The van der Waals surface area contributed by atoms with E-state index in [1.807, 2.05) is 12.1 Å². The van der Waals surface area contributed by atoms with Gasteiger partial charge >= 0.3 is 174 Å². The number of anilines is 1. The van der Waals surface area contributed by atoms with Gasteiger partial charge in [-0.2, -0.15) is 0 Å². The number of ether oxygens (including phenoxy) is 1. The van der Waals surface area contributed by atoms with Crippen LogP contribution in [0.1, 0.15) is 11.6 Å². The molecule has 0 saturated carbocycles. The number of carbonyl (C=O) groups is 3. The summed E-state index contributed by atoms with van der Waals surface area (Å²) in [6, 6.07) is 11.9. The summed E-state index contributed by atoms with van der Waals surface area (Å²) in [5, 5.41) is 0. The molecule has 0 aliphatic rings. The number of hydrogen-bond acceptors (Lipinski definition) is 4. The minimum absolute atomic E-state index is 0.240. The van der Waals surface area contributed by atoms with E-state index in [0.29, 0.717) is 11.8 Å².